The molecule has 0 bridgehead atoms. The number of carbonyl (C=O) groups excluding carboxylic acids is 1. The SMILES string of the molecule is Cc1c(Br)ccc2c1C(C)(C)CN2C(=O)OC(C)(C)C. The Morgan fingerprint density at radius 3 is 2.50 bits per heavy atom. The van der Waals surface area contributed by atoms with E-state index in [1.165, 1.54) is 11.1 Å². The minimum Gasteiger partial charge on any atom is -0.443 e. The number of anilines is 1. The minimum absolute atomic E-state index is 0.0693. The van der Waals surface area contributed by atoms with E-state index >= 15 is 0 Å². The molecule has 110 valence electrons. The molecule has 0 saturated heterocycles. The smallest absolute Gasteiger partial charge is 0.414 e. The molecule has 1 aromatic rings. The van der Waals surface area contributed by atoms with Crippen molar-refractivity contribution in [1.29, 1.82) is 0 Å². The van der Waals surface area contributed by atoms with Gasteiger partial charge in [-0.3, -0.25) is 4.90 Å². The van der Waals surface area contributed by atoms with Crippen LogP contribution < -0.4 is 4.90 Å². The topological polar surface area (TPSA) is 29.5 Å². The normalized spacial score (nSPS) is 17.1. The van der Waals surface area contributed by atoms with Gasteiger partial charge in [-0.25, -0.2) is 4.79 Å². The summed E-state index contributed by atoms with van der Waals surface area (Å²) in [5.41, 5.74) is 2.83. The van der Waals surface area contributed by atoms with Gasteiger partial charge in [0.25, 0.3) is 0 Å². The highest BCUT2D eigenvalue weighted by Crippen LogP contribution is 2.44. The molecule has 0 aromatic heterocycles. The van der Waals surface area contributed by atoms with Crippen molar-refractivity contribution >= 4 is 27.7 Å². The van der Waals surface area contributed by atoms with E-state index in [0.29, 0.717) is 6.54 Å². The van der Waals surface area contributed by atoms with Crippen LogP contribution >= 0.6 is 15.9 Å². The molecule has 0 radical (unpaired) electrons. The number of ether oxygens (including phenoxy) is 1. The highest BCUT2D eigenvalue weighted by molar-refractivity contribution is 9.10. The highest BCUT2D eigenvalue weighted by Gasteiger charge is 2.41. The molecule has 1 amide bonds. The van der Waals surface area contributed by atoms with Gasteiger partial charge in [0.2, 0.25) is 0 Å². The average molecular weight is 340 g/mol. The van der Waals surface area contributed by atoms with Gasteiger partial charge in [-0.1, -0.05) is 29.8 Å². The lowest BCUT2D eigenvalue weighted by Crippen LogP contribution is -2.38. The molecule has 0 saturated carbocycles. The largest absolute Gasteiger partial charge is 0.443 e. The Kier molecular flexibility index (Phi) is 3.66. The van der Waals surface area contributed by atoms with E-state index in [1.54, 1.807) is 4.90 Å². The van der Waals surface area contributed by atoms with Crippen LogP contribution in [0.3, 0.4) is 0 Å². The van der Waals surface area contributed by atoms with Gasteiger partial charge in [0.1, 0.15) is 5.60 Å². The molecular weight excluding hydrogens is 318 g/mol. The van der Waals surface area contributed by atoms with Crippen molar-refractivity contribution < 1.29 is 9.53 Å². The van der Waals surface area contributed by atoms with Gasteiger partial charge in [0.05, 0.1) is 5.69 Å². The van der Waals surface area contributed by atoms with Crippen LogP contribution in [-0.4, -0.2) is 18.2 Å². The van der Waals surface area contributed by atoms with Gasteiger partial charge in [0, 0.05) is 16.4 Å². The molecule has 0 aliphatic carbocycles. The number of fused-ring (bicyclic) bond motifs is 1. The third-order valence-electron chi connectivity index (χ3n) is 3.51. The maximum absolute atomic E-state index is 12.4. The number of carbonyl (C=O) groups is 1. The summed E-state index contributed by atoms with van der Waals surface area (Å²) in [7, 11) is 0. The molecule has 0 fully saturated rings. The lowest BCUT2D eigenvalue weighted by Gasteiger charge is -2.25. The van der Waals surface area contributed by atoms with Crippen LogP contribution in [-0.2, 0) is 10.2 Å². The monoisotopic (exact) mass is 339 g/mol. The summed E-state index contributed by atoms with van der Waals surface area (Å²) in [6.45, 7) is 12.7. The Morgan fingerprint density at radius 1 is 1.35 bits per heavy atom. The average Bonchev–Trinajstić information content (AvgIpc) is 2.54. The van der Waals surface area contributed by atoms with Crippen molar-refractivity contribution in [2.24, 2.45) is 0 Å². The molecular formula is C16H22BrNO2. The standard InChI is InChI=1S/C16H22BrNO2/c1-10-11(17)7-8-12-13(10)16(5,6)9-18(12)14(19)20-15(2,3)4/h7-8H,9H2,1-6H3. The number of halogens is 1. The summed E-state index contributed by atoms with van der Waals surface area (Å²) in [5, 5.41) is 0. The first-order chi connectivity index (χ1) is 9.03. The van der Waals surface area contributed by atoms with Crippen LogP contribution in [0.1, 0.15) is 45.7 Å². The molecule has 1 aliphatic rings. The number of rotatable bonds is 0. The van der Waals surface area contributed by atoms with Crippen LogP contribution in [0, 0.1) is 6.92 Å². The summed E-state index contributed by atoms with van der Waals surface area (Å²) in [4.78, 5) is 14.1. The van der Waals surface area contributed by atoms with E-state index in [9.17, 15) is 4.79 Å². The molecule has 20 heavy (non-hydrogen) atoms. The summed E-state index contributed by atoms with van der Waals surface area (Å²) < 4.78 is 6.60. The Hall–Kier alpha value is -1.03. The van der Waals surface area contributed by atoms with E-state index in [1.807, 2.05) is 32.9 Å². The van der Waals surface area contributed by atoms with Crippen LogP contribution in [0.4, 0.5) is 10.5 Å². The predicted molar refractivity (Wildman–Crippen MR) is 85.5 cm³/mol. The fourth-order valence-corrected chi connectivity index (χ4v) is 3.12. The molecule has 4 heteroatoms. The van der Waals surface area contributed by atoms with Crippen molar-refractivity contribution in [2.75, 3.05) is 11.4 Å². The quantitative estimate of drug-likeness (QED) is 0.680. The van der Waals surface area contributed by atoms with Crippen molar-refractivity contribution in [3.63, 3.8) is 0 Å². The van der Waals surface area contributed by atoms with Crippen LogP contribution in [0.2, 0.25) is 0 Å². The Morgan fingerprint density at radius 2 is 1.95 bits per heavy atom. The molecule has 1 aliphatic heterocycles. The molecule has 0 unspecified atom stereocenters. The molecule has 0 N–H and O–H groups in total. The van der Waals surface area contributed by atoms with Gasteiger partial charge in [-0.05, 0) is 51.0 Å². The van der Waals surface area contributed by atoms with Crippen molar-refractivity contribution in [3.05, 3.63) is 27.7 Å². The van der Waals surface area contributed by atoms with Crippen LogP contribution in [0.15, 0.2) is 16.6 Å². The van der Waals surface area contributed by atoms with Crippen LogP contribution in [0.5, 0.6) is 0 Å². The van der Waals surface area contributed by atoms with Crippen molar-refractivity contribution in [3.8, 4) is 0 Å². The number of hydrogen-bond acceptors (Lipinski definition) is 2. The first-order valence-corrected chi connectivity index (χ1v) is 7.62. The van der Waals surface area contributed by atoms with Crippen LogP contribution in [0.25, 0.3) is 0 Å². The number of amides is 1. The van der Waals surface area contributed by atoms with Gasteiger partial charge in [-0.15, -0.1) is 0 Å². The minimum atomic E-state index is -0.478. The van der Waals surface area contributed by atoms with Gasteiger partial charge in [-0.2, -0.15) is 0 Å². The summed E-state index contributed by atoms with van der Waals surface area (Å²) in [6.07, 6.45) is -0.272. The molecule has 2 rings (SSSR count). The Bertz CT molecular complexity index is 558. The van der Waals surface area contributed by atoms with E-state index in [2.05, 4.69) is 36.7 Å². The Balaban J connectivity index is 2.44. The van der Waals surface area contributed by atoms with Crippen molar-refractivity contribution in [2.45, 2.75) is 52.6 Å². The zero-order valence-electron chi connectivity index (χ0n) is 13.0. The number of nitrogens with zero attached hydrogens (tertiary/aromatic N) is 1. The third-order valence-corrected chi connectivity index (χ3v) is 4.37. The number of benzene rings is 1. The second-order valence-corrected chi connectivity index (χ2v) is 7.87. The first-order valence-electron chi connectivity index (χ1n) is 6.83. The van der Waals surface area contributed by atoms with E-state index < -0.39 is 5.60 Å². The second kappa shape index (κ2) is 4.76. The third kappa shape index (κ3) is 2.71. The zero-order chi connectivity index (χ0) is 15.3. The maximum atomic E-state index is 12.4. The summed E-state index contributed by atoms with van der Waals surface area (Å²) in [6, 6.07) is 3.98. The van der Waals surface area contributed by atoms with Gasteiger partial charge < -0.3 is 4.74 Å². The molecule has 1 heterocycles. The van der Waals surface area contributed by atoms with Crippen molar-refractivity contribution in [1.82, 2.24) is 0 Å². The summed E-state index contributed by atoms with van der Waals surface area (Å²) in [5.74, 6) is 0. The lowest BCUT2D eigenvalue weighted by molar-refractivity contribution is 0.0579. The molecule has 1 aromatic carbocycles. The fourth-order valence-electron chi connectivity index (χ4n) is 2.79. The lowest BCUT2D eigenvalue weighted by atomic mass is 9.84. The number of hydrogen-bond donors (Lipinski definition) is 0. The van der Waals surface area contributed by atoms with E-state index in [0.717, 1.165) is 10.2 Å². The molecule has 0 atom stereocenters. The highest BCUT2D eigenvalue weighted by atomic mass is 79.9. The second-order valence-electron chi connectivity index (χ2n) is 7.02. The zero-order valence-corrected chi connectivity index (χ0v) is 14.6. The fraction of sp³-hybridized carbons (Fsp3) is 0.562. The van der Waals surface area contributed by atoms with E-state index in [4.69, 9.17) is 4.74 Å². The molecule has 3 nitrogen and oxygen atoms in total. The van der Waals surface area contributed by atoms with E-state index in [-0.39, 0.29) is 11.5 Å². The van der Waals surface area contributed by atoms with Gasteiger partial charge >= 0.3 is 6.09 Å². The van der Waals surface area contributed by atoms with Gasteiger partial charge in [0.15, 0.2) is 0 Å². The first kappa shape index (κ1) is 15.4. The Labute approximate surface area is 129 Å². The maximum Gasteiger partial charge on any atom is 0.414 e. The molecule has 0 spiro atoms. The summed E-state index contributed by atoms with van der Waals surface area (Å²) >= 11 is 3.57. The predicted octanol–water partition coefficient (Wildman–Crippen LogP) is 4.79.